The number of hydrogen-bond donors (Lipinski definition) is 4. The third-order valence-electron chi connectivity index (χ3n) is 4.13. The third kappa shape index (κ3) is 3.24. The van der Waals surface area contributed by atoms with Crippen molar-refractivity contribution in [1.82, 2.24) is 25.8 Å². The molecule has 1 unspecified atom stereocenters. The lowest BCUT2D eigenvalue weighted by molar-refractivity contribution is 0.197. The van der Waals surface area contributed by atoms with Crippen LogP contribution in [0.25, 0.3) is 22.3 Å². The second kappa shape index (κ2) is 6.40. The van der Waals surface area contributed by atoms with Gasteiger partial charge in [0.15, 0.2) is 5.65 Å². The van der Waals surface area contributed by atoms with Gasteiger partial charge in [0.25, 0.3) is 0 Å². The molecule has 0 radical (unpaired) electrons. The Morgan fingerprint density at radius 1 is 1.32 bits per heavy atom. The Hall–Kier alpha value is -3.13. The van der Waals surface area contributed by atoms with Gasteiger partial charge in [-0.05, 0) is 37.2 Å². The second-order valence-electron chi connectivity index (χ2n) is 5.91. The van der Waals surface area contributed by atoms with Crippen LogP contribution in [0.4, 0.5) is 4.79 Å². The Balaban J connectivity index is 1.63. The summed E-state index contributed by atoms with van der Waals surface area (Å²) in [4.78, 5) is 16.7. The van der Waals surface area contributed by atoms with Crippen molar-refractivity contribution in [3.8, 4) is 22.8 Å². The van der Waals surface area contributed by atoms with Gasteiger partial charge >= 0.3 is 6.09 Å². The summed E-state index contributed by atoms with van der Waals surface area (Å²) in [7, 11) is 0. The van der Waals surface area contributed by atoms with Gasteiger partial charge in [-0.15, -0.1) is 0 Å². The number of amides is 1. The quantitative estimate of drug-likeness (QED) is 0.579. The van der Waals surface area contributed by atoms with E-state index in [4.69, 9.17) is 4.74 Å². The maximum Gasteiger partial charge on any atom is 0.412 e. The normalized spacial score (nSPS) is 16.9. The largest absolute Gasteiger partial charge is 0.508 e. The standard InChI is InChI=1S/C17H17N5O3/c23-12-3-1-10(2-4-12)14-7-15(13-9-19-22-16(13)21-14)25-17(24)20-11-5-6-18-8-11/h1-4,7,9,11,18,23H,5-6,8H2,(H,20,24)(H,19,21,22). The number of benzene rings is 1. The molecular weight excluding hydrogens is 322 g/mol. The van der Waals surface area contributed by atoms with Crippen molar-refractivity contribution in [2.45, 2.75) is 12.5 Å². The van der Waals surface area contributed by atoms with Crippen LogP contribution in [0.15, 0.2) is 36.5 Å². The van der Waals surface area contributed by atoms with E-state index >= 15 is 0 Å². The molecule has 2 aromatic heterocycles. The Morgan fingerprint density at radius 3 is 2.92 bits per heavy atom. The number of aromatic nitrogens is 3. The first-order chi connectivity index (χ1) is 12.2. The molecule has 4 rings (SSSR count). The molecule has 3 heterocycles. The number of nitrogens with zero attached hydrogens (tertiary/aromatic N) is 2. The zero-order chi connectivity index (χ0) is 17.2. The van der Waals surface area contributed by atoms with Crippen LogP contribution in [0.2, 0.25) is 0 Å². The van der Waals surface area contributed by atoms with Crippen molar-refractivity contribution >= 4 is 17.1 Å². The van der Waals surface area contributed by atoms with E-state index in [1.165, 1.54) is 0 Å². The first kappa shape index (κ1) is 15.4. The SMILES string of the molecule is O=C(NC1CCNC1)Oc1cc(-c2ccc(O)cc2)nc2[nH]ncc12. The maximum atomic E-state index is 12.2. The highest BCUT2D eigenvalue weighted by atomic mass is 16.6. The topological polar surface area (TPSA) is 112 Å². The van der Waals surface area contributed by atoms with Gasteiger partial charge in [-0.25, -0.2) is 9.78 Å². The first-order valence-electron chi connectivity index (χ1n) is 8.01. The molecule has 1 aromatic carbocycles. The summed E-state index contributed by atoms with van der Waals surface area (Å²) in [5.74, 6) is 0.553. The van der Waals surface area contributed by atoms with Crippen molar-refractivity contribution < 1.29 is 14.6 Å². The van der Waals surface area contributed by atoms with Gasteiger partial charge in [0, 0.05) is 24.2 Å². The molecule has 0 bridgehead atoms. The fourth-order valence-electron chi connectivity index (χ4n) is 2.84. The summed E-state index contributed by atoms with van der Waals surface area (Å²) >= 11 is 0. The van der Waals surface area contributed by atoms with Gasteiger partial charge in [0.2, 0.25) is 0 Å². The molecule has 1 aliphatic heterocycles. The van der Waals surface area contributed by atoms with E-state index in [-0.39, 0.29) is 11.8 Å². The molecule has 4 N–H and O–H groups in total. The van der Waals surface area contributed by atoms with E-state index in [0.29, 0.717) is 22.5 Å². The van der Waals surface area contributed by atoms with Gasteiger partial charge in [-0.2, -0.15) is 5.10 Å². The molecule has 1 amide bonds. The predicted molar refractivity (Wildman–Crippen MR) is 91.4 cm³/mol. The zero-order valence-corrected chi connectivity index (χ0v) is 13.3. The zero-order valence-electron chi connectivity index (χ0n) is 13.3. The number of ether oxygens (including phenoxy) is 1. The van der Waals surface area contributed by atoms with E-state index in [0.717, 1.165) is 25.1 Å². The van der Waals surface area contributed by atoms with Crippen LogP contribution in [0.1, 0.15) is 6.42 Å². The first-order valence-corrected chi connectivity index (χ1v) is 8.01. The van der Waals surface area contributed by atoms with E-state index < -0.39 is 6.09 Å². The van der Waals surface area contributed by atoms with Crippen LogP contribution in [0.5, 0.6) is 11.5 Å². The van der Waals surface area contributed by atoms with Gasteiger partial charge in [0.05, 0.1) is 17.3 Å². The fourth-order valence-corrected chi connectivity index (χ4v) is 2.84. The number of fused-ring (bicyclic) bond motifs is 1. The molecule has 0 spiro atoms. The number of phenolic OH excluding ortho intramolecular Hbond substituents is 1. The average molecular weight is 339 g/mol. The lowest BCUT2D eigenvalue weighted by atomic mass is 10.1. The second-order valence-corrected chi connectivity index (χ2v) is 5.91. The van der Waals surface area contributed by atoms with E-state index in [9.17, 15) is 9.90 Å². The smallest absolute Gasteiger partial charge is 0.412 e. The monoisotopic (exact) mass is 339 g/mol. The van der Waals surface area contributed by atoms with Gasteiger partial charge in [-0.3, -0.25) is 5.10 Å². The summed E-state index contributed by atoms with van der Waals surface area (Å²) in [6, 6.07) is 8.41. The summed E-state index contributed by atoms with van der Waals surface area (Å²) in [5, 5.41) is 22.9. The van der Waals surface area contributed by atoms with Crippen LogP contribution in [0.3, 0.4) is 0 Å². The lowest BCUT2D eigenvalue weighted by Gasteiger charge is -2.12. The lowest BCUT2D eigenvalue weighted by Crippen LogP contribution is -2.38. The minimum absolute atomic E-state index is 0.0748. The number of rotatable bonds is 3. The molecule has 1 atom stereocenters. The number of nitrogens with one attached hydrogen (secondary N) is 3. The number of aromatic amines is 1. The fraction of sp³-hybridized carbons (Fsp3) is 0.235. The summed E-state index contributed by atoms with van der Waals surface area (Å²) < 4.78 is 5.51. The van der Waals surface area contributed by atoms with Gasteiger partial charge in [0.1, 0.15) is 11.5 Å². The van der Waals surface area contributed by atoms with E-state index in [2.05, 4.69) is 25.8 Å². The van der Waals surface area contributed by atoms with E-state index in [1.807, 2.05) is 0 Å². The third-order valence-corrected chi connectivity index (χ3v) is 4.13. The molecule has 8 heteroatoms. The summed E-state index contributed by atoms with van der Waals surface area (Å²) in [6.45, 7) is 1.63. The van der Waals surface area contributed by atoms with Crippen LogP contribution in [-0.4, -0.2) is 45.5 Å². The van der Waals surface area contributed by atoms with Crippen LogP contribution >= 0.6 is 0 Å². The molecule has 0 saturated carbocycles. The number of hydrogen-bond acceptors (Lipinski definition) is 6. The Morgan fingerprint density at radius 2 is 2.16 bits per heavy atom. The summed E-state index contributed by atoms with van der Waals surface area (Å²) in [6.07, 6.45) is 1.95. The van der Waals surface area contributed by atoms with Crippen molar-refractivity contribution in [1.29, 1.82) is 0 Å². The van der Waals surface area contributed by atoms with Crippen molar-refractivity contribution in [2.24, 2.45) is 0 Å². The molecule has 3 aromatic rings. The Kier molecular flexibility index (Phi) is 3.95. The maximum absolute atomic E-state index is 12.2. The van der Waals surface area contributed by atoms with Crippen LogP contribution in [-0.2, 0) is 0 Å². The highest BCUT2D eigenvalue weighted by molar-refractivity contribution is 5.87. The number of phenols is 1. The number of carbonyl (C=O) groups is 1. The van der Waals surface area contributed by atoms with Crippen molar-refractivity contribution in [3.05, 3.63) is 36.5 Å². The molecule has 25 heavy (non-hydrogen) atoms. The molecule has 0 aliphatic carbocycles. The molecular formula is C17H17N5O3. The molecule has 128 valence electrons. The molecule has 1 aliphatic rings. The Bertz CT molecular complexity index is 900. The average Bonchev–Trinajstić information content (AvgIpc) is 3.26. The predicted octanol–water partition coefficient (Wildman–Crippen LogP) is 1.78. The summed E-state index contributed by atoms with van der Waals surface area (Å²) in [5.41, 5.74) is 1.93. The molecule has 1 fully saturated rings. The van der Waals surface area contributed by atoms with Crippen molar-refractivity contribution in [3.63, 3.8) is 0 Å². The van der Waals surface area contributed by atoms with Crippen molar-refractivity contribution in [2.75, 3.05) is 13.1 Å². The van der Waals surface area contributed by atoms with Gasteiger partial charge in [-0.1, -0.05) is 0 Å². The van der Waals surface area contributed by atoms with Crippen LogP contribution in [0, 0.1) is 0 Å². The van der Waals surface area contributed by atoms with Crippen LogP contribution < -0.4 is 15.4 Å². The highest BCUT2D eigenvalue weighted by Gasteiger charge is 2.19. The minimum atomic E-state index is -0.501. The van der Waals surface area contributed by atoms with E-state index in [1.54, 1.807) is 36.5 Å². The number of pyridine rings is 1. The van der Waals surface area contributed by atoms with Gasteiger partial charge < -0.3 is 20.5 Å². The number of aromatic hydroxyl groups is 1. The number of carbonyl (C=O) groups excluding carboxylic acids is 1. The highest BCUT2D eigenvalue weighted by Crippen LogP contribution is 2.29. The Labute approximate surface area is 143 Å². The minimum Gasteiger partial charge on any atom is -0.508 e. The molecule has 1 saturated heterocycles. The number of H-pyrrole nitrogens is 1. The molecule has 8 nitrogen and oxygen atoms in total.